The Bertz CT molecular complexity index is 1290. The van der Waals surface area contributed by atoms with Crippen LogP contribution in [0.15, 0.2) is 24.3 Å². The van der Waals surface area contributed by atoms with E-state index in [2.05, 4.69) is 0 Å². The molecule has 5 rings (SSSR count). The molecule has 3 unspecified atom stereocenters. The normalized spacial score (nSPS) is 45.2. The Morgan fingerprint density at radius 3 is 2.26 bits per heavy atom. The molecule has 0 spiro atoms. The van der Waals surface area contributed by atoms with Gasteiger partial charge in [-0.15, -0.1) is 0 Å². The predicted octanol–water partition coefficient (Wildman–Crippen LogP) is 1.54. The molecule has 0 radical (unpaired) electrons. The van der Waals surface area contributed by atoms with Crippen LogP contribution in [-0.4, -0.2) is 66.9 Å². The number of phenolic OH excluding ortho intramolecular Hbond substituents is 1. The second-order valence-corrected chi connectivity index (χ2v) is 12.9. The van der Waals surface area contributed by atoms with Crippen molar-refractivity contribution in [2.75, 3.05) is 0 Å². The summed E-state index contributed by atoms with van der Waals surface area (Å²) in [7, 11) is 0. The smallest absolute Gasteiger partial charge is 0.230 e. The third-order valence-electron chi connectivity index (χ3n) is 11.1. The van der Waals surface area contributed by atoms with Gasteiger partial charge >= 0.3 is 0 Å². The Hall–Kier alpha value is -2.59. The van der Waals surface area contributed by atoms with Crippen molar-refractivity contribution in [1.29, 1.82) is 0 Å². The third kappa shape index (κ3) is 3.13. The van der Waals surface area contributed by atoms with E-state index in [9.17, 15) is 39.9 Å². The largest absolute Gasteiger partial charge is 0.507 e. The molecule has 212 valence electrons. The summed E-state index contributed by atoms with van der Waals surface area (Å²) in [6.45, 7) is 8.31. The van der Waals surface area contributed by atoms with E-state index in [0.717, 1.165) is 12.8 Å². The van der Waals surface area contributed by atoms with Gasteiger partial charge in [-0.1, -0.05) is 58.9 Å². The number of hydrogen-bond donors (Lipinski definition) is 6. The van der Waals surface area contributed by atoms with E-state index < -0.39 is 81.8 Å². The fourth-order valence-electron chi connectivity index (χ4n) is 8.97. The number of carbonyl (C=O) groups is 3. The number of nitrogens with two attached hydrogens (primary N) is 1. The van der Waals surface area contributed by atoms with E-state index in [4.69, 9.17) is 5.73 Å². The molecule has 39 heavy (non-hydrogen) atoms. The molecule has 11 atom stereocenters. The van der Waals surface area contributed by atoms with E-state index in [-0.39, 0.29) is 17.2 Å². The van der Waals surface area contributed by atoms with Crippen LogP contribution in [0.2, 0.25) is 0 Å². The highest BCUT2D eigenvalue weighted by Gasteiger charge is 2.80. The first-order valence-corrected chi connectivity index (χ1v) is 13.8. The van der Waals surface area contributed by atoms with Gasteiger partial charge in [0.25, 0.3) is 0 Å². The Morgan fingerprint density at radius 2 is 1.72 bits per heavy atom. The second-order valence-electron chi connectivity index (χ2n) is 12.9. The number of rotatable bonds is 3. The zero-order chi connectivity index (χ0) is 29.0. The summed E-state index contributed by atoms with van der Waals surface area (Å²) in [5, 5.41) is 59.0. The summed E-state index contributed by atoms with van der Waals surface area (Å²) in [6, 6.07) is 3.56. The van der Waals surface area contributed by atoms with Crippen molar-refractivity contribution in [1.82, 2.24) is 0 Å². The standard InChI is InChI=1S/C30H39NO8/c1-12(2)19-23(34)18(26(31)37)24(35)30(39)25(36)20-22(33)17-15(13(3)28(20,4)27(38)29(19,30)5)10-11-16(21(17)32)14-8-6-7-9-14/h6,8,10-14,18-20,23,25,27,32,34,36,38-39H,7,9H2,1-5H3,(H2,31,37)/t13-,14?,18-,19+,20-,23?,25?,27-,28+,29+,30+/m1/s1. The van der Waals surface area contributed by atoms with Gasteiger partial charge in [-0.3, -0.25) is 14.4 Å². The van der Waals surface area contributed by atoms with Crippen molar-refractivity contribution in [3.05, 3.63) is 41.0 Å². The molecular formula is C30H39NO8. The number of aromatic hydroxyl groups is 1. The number of fused-ring (bicyclic) bond motifs is 3. The Labute approximate surface area is 227 Å². The maximum absolute atomic E-state index is 14.3. The van der Waals surface area contributed by atoms with Gasteiger partial charge < -0.3 is 31.3 Å². The number of carbonyl (C=O) groups excluding carboxylic acids is 3. The molecule has 4 aliphatic carbocycles. The van der Waals surface area contributed by atoms with Crippen molar-refractivity contribution in [2.24, 2.45) is 40.2 Å². The summed E-state index contributed by atoms with van der Waals surface area (Å²) in [4.78, 5) is 40.4. The van der Waals surface area contributed by atoms with Gasteiger partial charge in [-0.05, 0) is 36.2 Å². The Balaban J connectivity index is 1.76. The quantitative estimate of drug-likeness (QED) is 0.246. The lowest BCUT2D eigenvalue weighted by molar-refractivity contribution is -0.306. The van der Waals surface area contributed by atoms with E-state index in [1.165, 1.54) is 6.92 Å². The average molecular weight is 542 g/mol. The first-order chi connectivity index (χ1) is 18.1. The Morgan fingerprint density at radius 1 is 1.10 bits per heavy atom. The highest BCUT2D eigenvalue weighted by atomic mass is 16.4. The van der Waals surface area contributed by atoms with Crippen LogP contribution in [0.3, 0.4) is 0 Å². The number of hydrogen-bond acceptors (Lipinski definition) is 8. The molecule has 1 amide bonds. The van der Waals surface area contributed by atoms with Crippen LogP contribution in [0, 0.1) is 34.5 Å². The molecule has 0 saturated heterocycles. The summed E-state index contributed by atoms with van der Waals surface area (Å²) < 4.78 is 0. The lowest BCUT2D eigenvalue weighted by Gasteiger charge is -2.69. The van der Waals surface area contributed by atoms with E-state index in [1.807, 2.05) is 12.2 Å². The topological polar surface area (TPSA) is 178 Å². The maximum atomic E-state index is 14.3. The minimum Gasteiger partial charge on any atom is -0.507 e. The van der Waals surface area contributed by atoms with Crippen LogP contribution in [-0.2, 0) is 9.59 Å². The number of primary amides is 1. The van der Waals surface area contributed by atoms with Crippen molar-refractivity contribution in [2.45, 2.75) is 83.2 Å². The van der Waals surface area contributed by atoms with Crippen molar-refractivity contribution < 1.29 is 39.9 Å². The van der Waals surface area contributed by atoms with Gasteiger partial charge in [0.05, 0.1) is 23.7 Å². The average Bonchev–Trinajstić information content (AvgIpc) is 3.38. The van der Waals surface area contributed by atoms with Crippen LogP contribution in [0.1, 0.15) is 80.8 Å². The Kier molecular flexibility index (Phi) is 6.24. The number of amides is 1. The number of Topliss-reactive ketones (excluding diaryl/α,β-unsaturated/α-hetero) is 2. The molecule has 1 aromatic carbocycles. The zero-order valence-electron chi connectivity index (χ0n) is 23.0. The van der Waals surface area contributed by atoms with Crippen molar-refractivity contribution >= 4 is 17.5 Å². The van der Waals surface area contributed by atoms with E-state index >= 15 is 0 Å². The summed E-state index contributed by atoms with van der Waals surface area (Å²) in [5.74, 6) is -8.77. The van der Waals surface area contributed by atoms with Crippen molar-refractivity contribution in [3.63, 3.8) is 0 Å². The fourth-order valence-corrected chi connectivity index (χ4v) is 8.97. The molecule has 1 aromatic rings. The first kappa shape index (κ1) is 28.0. The molecule has 0 aliphatic heterocycles. The number of aliphatic hydroxyl groups excluding tert-OH is 3. The molecule has 9 heteroatoms. The van der Waals surface area contributed by atoms with Crippen LogP contribution < -0.4 is 5.73 Å². The van der Waals surface area contributed by atoms with Crippen LogP contribution in [0.5, 0.6) is 5.75 Å². The molecule has 0 heterocycles. The van der Waals surface area contributed by atoms with E-state index in [1.54, 1.807) is 39.8 Å². The second kappa shape index (κ2) is 8.70. The number of ketones is 2. The third-order valence-corrected chi connectivity index (χ3v) is 11.1. The molecule has 2 fully saturated rings. The number of allylic oxidation sites excluding steroid dienone is 2. The zero-order valence-corrected chi connectivity index (χ0v) is 23.0. The number of phenols is 1. The van der Waals surface area contributed by atoms with Gasteiger partial charge in [-0.2, -0.15) is 0 Å². The van der Waals surface area contributed by atoms with Gasteiger partial charge in [0.15, 0.2) is 17.2 Å². The SMILES string of the molecule is CC(C)[C@H]1C(O)[C@@H](C(N)=O)C(=O)[C@]2(O)C(O)[C@H]3C(=O)c4c(ccc(C5C=CCC5)c4O)[C@@H](C)[C@]3(C)[C@@H](O)[C@]12C. The highest BCUT2D eigenvalue weighted by Crippen LogP contribution is 2.68. The maximum Gasteiger partial charge on any atom is 0.230 e. The number of benzene rings is 1. The number of aliphatic hydroxyl groups is 4. The lowest BCUT2D eigenvalue weighted by atomic mass is 9.36. The summed E-state index contributed by atoms with van der Waals surface area (Å²) in [5.41, 5.74) is 0.554. The molecule has 0 aromatic heterocycles. The lowest BCUT2D eigenvalue weighted by Crippen LogP contribution is -2.83. The minimum absolute atomic E-state index is 0.0105. The molecular weight excluding hydrogens is 502 g/mol. The first-order valence-electron chi connectivity index (χ1n) is 13.8. The molecule has 4 aliphatic rings. The molecule has 2 saturated carbocycles. The van der Waals surface area contributed by atoms with Crippen LogP contribution in [0.25, 0.3) is 0 Å². The van der Waals surface area contributed by atoms with Gasteiger partial charge in [0.1, 0.15) is 17.8 Å². The van der Waals surface area contributed by atoms with Crippen molar-refractivity contribution in [3.8, 4) is 5.75 Å². The van der Waals surface area contributed by atoms with Gasteiger partial charge in [0, 0.05) is 22.3 Å². The molecule has 7 N–H and O–H groups in total. The highest BCUT2D eigenvalue weighted by molar-refractivity contribution is 6.09. The monoisotopic (exact) mass is 541 g/mol. The van der Waals surface area contributed by atoms with Crippen LogP contribution >= 0.6 is 0 Å². The van der Waals surface area contributed by atoms with Gasteiger partial charge in [-0.25, -0.2) is 0 Å². The molecule has 0 bridgehead atoms. The minimum atomic E-state index is -2.78. The van der Waals surface area contributed by atoms with Gasteiger partial charge in [0.2, 0.25) is 5.91 Å². The summed E-state index contributed by atoms with van der Waals surface area (Å²) >= 11 is 0. The summed E-state index contributed by atoms with van der Waals surface area (Å²) in [6.07, 6.45) is 0.360. The fraction of sp³-hybridized carbons (Fsp3) is 0.633. The predicted molar refractivity (Wildman–Crippen MR) is 141 cm³/mol. The van der Waals surface area contributed by atoms with E-state index in [0.29, 0.717) is 11.1 Å². The van der Waals surface area contributed by atoms with Crippen LogP contribution in [0.4, 0.5) is 0 Å². The molecule has 9 nitrogen and oxygen atoms in total.